The van der Waals surface area contributed by atoms with E-state index in [9.17, 15) is 26.4 Å². The Morgan fingerprint density at radius 3 is 2.41 bits per heavy atom. The molecule has 2 unspecified atom stereocenters. The Hall–Kier alpha value is -2.66. The first-order chi connectivity index (χ1) is 18.1. The van der Waals surface area contributed by atoms with Crippen LogP contribution in [0.1, 0.15) is 39.2 Å². The van der Waals surface area contributed by atoms with Gasteiger partial charge in [0.15, 0.2) is 11.7 Å². The number of anilines is 1. The predicted octanol–water partition coefficient (Wildman–Crippen LogP) is 5.65. The maximum atomic E-state index is 14.1. The summed E-state index contributed by atoms with van der Waals surface area (Å²) in [5.41, 5.74) is -2.73. The molecule has 0 radical (unpaired) electrons. The molecule has 2 atom stereocenters. The number of benzene rings is 2. The molecule has 2 aromatic rings. The third-order valence-electron chi connectivity index (χ3n) is 5.76. The van der Waals surface area contributed by atoms with Crippen LogP contribution in [0.5, 0.6) is 0 Å². The van der Waals surface area contributed by atoms with Crippen LogP contribution in [0, 0.1) is 11.5 Å². The van der Waals surface area contributed by atoms with Crippen LogP contribution >= 0.6 is 23.4 Å². The van der Waals surface area contributed by atoms with Gasteiger partial charge in [0.2, 0.25) is 10.0 Å². The standard InChI is InChI=1S/C25H28ClF3N4O4S2/c1-24(2,3)37-22(34)20-6-5-11-33(20)39(35,36)17-9-7-15(8-10-17)21-18(25(27,28)29)12-16(13-19(21)26)32-23(38-4)31-14-30/h7-10,12-13,20,23,31-32H,5-6,11H2,1-4H3. The van der Waals surface area contributed by atoms with Gasteiger partial charge in [-0.3, -0.25) is 10.1 Å². The number of hydrogen-bond donors (Lipinski definition) is 2. The van der Waals surface area contributed by atoms with E-state index in [1.165, 1.54) is 42.1 Å². The highest BCUT2D eigenvalue weighted by atomic mass is 35.5. The second kappa shape index (κ2) is 11.8. The molecule has 1 heterocycles. The van der Waals surface area contributed by atoms with Crippen molar-refractivity contribution < 1.29 is 31.1 Å². The molecule has 1 aliphatic rings. The van der Waals surface area contributed by atoms with E-state index >= 15 is 0 Å². The molecule has 0 aromatic heterocycles. The van der Waals surface area contributed by atoms with Gasteiger partial charge in [-0.2, -0.15) is 22.7 Å². The van der Waals surface area contributed by atoms with Gasteiger partial charge < -0.3 is 10.1 Å². The number of esters is 1. The number of sulfonamides is 1. The van der Waals surface area contributed by atoms with Crippen LogP contribution in [-0.4, -0.2) is 48.6 Å². The van der Waals surface area contributed by atoms with Gasteiger partial charge in [-0.25, -0.2) is 8.42 Å². The molecule has 1 saturated heterocycles. The van der Waals surface area contributed by atoms with E-state index in [1.54, 1.807) is 33.2 Å². The highest BCUT2D eigenvalue weighted by molar-refractivity contribution is 7.99. The lowest BCUT2D eigenvalue weighted by atomic mass is 9.98. The maximum absolute atomic E-state index is 14.1. The van der Waals surface area contributed by atoms with E-state index in [4.69, 9.17) is 21.6 Å². The number of halogens is 4. The van der Waals surface area contributed by atoms with Crippen molar-refractivity contribution in [2.75, 3.05) is 18.1 Å². The molecule has 0 saturated carbocycles. The smallest absolute Gasteiger partial charge is 0.417 e. The molecular weight excluding hydrogens is 577 g/mol. The van der Waals surface area contributed by atoms with E-state index in [0.29, 0.717) is 12.8 Å². The highest BCUT2D eigenvalue weighted by Gasteiger charge is 2.41. The van der Waals surface area contributed by atoms with Crippen molar-refractivity contribution in [1.29, 1.82) is 5.26 Å². The summed E-state index contributed by atoms with van der Waals surface area (Å²) in [5.74, 6) is -0.649. The summed E-state index contributed by atoms with van der Waals surface area (Å²) in [5, 5.41) is 13.8. The van der Waals surface area contributed by atoms with Gasteiger partial charge in [-0.15, -0.1) is 11.8 Å². The fourth-order valence-corrected chi connectivity index (χ4v) is 6.53. The van der Waals surface area contributed by atoms with Crippen LogP contribution in [0.2, 0.25) is 5.02 Å². The van der Waals surface area contributed by atoms with E-state index < -0.39 is 44.9 Å². The van der Waals surface area contributed by atoms with Crippen molar-refractivity contribution in [3.63, 3.8) is 0 Å². The van der Waals surface area contributed by atoms with Gasteiger partial charge in [0.1, 0.15) is 11.6 Å². The van der Waals surface area contributed by atoms with E-state index in [2.05, 4.69) is 10.6 Å². The summed E-state index contributed by atoms with van der Waals surface area (Å²) < 4.78 is 75.4. The molecule has 0 amide bonds. The molecule has 3 rings (SSSR count). The van der Waals surface area contributed by atoms with Gasteiger partial charge in [-0.1, -0.05) is 23.7 Å². The first-order valence-electron chi connectivity index (χ1n) is 11.8. The average molecular weight is 605 g/mol. The summed E-state index contributed by atoms with van der Waals surface area (Å²) in [6, 6.07) is 6.07. The molecule has 2 aromatic carbocycles. The Morgan fingerprint density at radius 2 is 1.87 bits per heavy atom. The molecule has 1 fully saturated rings. The second-order valence-corrected chi connectivity index (χ2v) is 13.0. The highest BCUT2D eigenvalue weighted by Crippen LogP contribution is 2.43. The van der Waals surface area contributed by atoms with Crippen molar-refractivity contribution in [2.45, 2.75) is 61.8 Å². The van der Waals surface area contributed by atoms with E-state index in [0.717, 1.165) is 10.4 Å². The number of hydrogen-bond acceptors (Lipinski definition) is 8. The summed E-state index contributed by atoms with van der Waals surface area (Å²) in [6.07, 6.45) is -0.625. The van der Waals surface area contributed by atoms with Crippen molar-refractivity contribution in [3.8, 4) is 17.3 Å². The Kier molecular flexibility index (Phi) is 9.37. The first kappa shape index (κ1) is 30.9. The minimum Gasteiger partial charge on any atom is -0.459 e. The molecule has 39 heavy (non-hydrogen) atoms. The summed E-state index contributed by atoms with van der Waals surface area (Å²) in [4.78, 5) is 12.5. The Balaban J connectivity index is 1.96. The molecule has 0 bridgehead atoms. The normalized spacial score (nSPS) is 17.4. The van der Waals surface area contributed by atoms with Gasteiger partial charge in [0, 0.05) is 17.8 Å². The quantitative estimate of drug-likeness (QED) is 0.172. The van der Waals surface area contributed by atoms with Crippen LogP contribution in [0.3, 0.4) is 0 Å². The fourth-order valence-electron chi connectivity index (χ4n) is 4.13. The summed E-state index contributed by atoms with van der Waals surface area (Å²) in [7, 11) is -4.13. The average Bonchev–Trinajstić information content (AvgIpc) is 3.33. The lowest BCUT2D eigenvalue weighted by Gasteiger charge is -2.27. The zero-order chi connectivity index (χ0) is 29.2. The monoisotopic (exact) mass is 604 g/mol. The largest absolute Gasteiger partial charge is 0.459 e. The van der Waals surface area contributed by atoms with Crippen molar-refractivity contribution in [3.05, 3.63) is 47.0 Å². The number of rotatable bonds is 8. The number of thioether (sulfide) groups is 1. The zero-order valence-corrected chi connectivity index (χ0v) is 24.0. The second-order valence-electron chi connectivity index (χ2n) is 9.73. The predicted molar refractivity (Wildman–Crippen MR) is 144 cm³/mol. The Labute approximate surface area is 234 Å². The lowest BCUT2D eigenvalue weighted by Crippen LogP contribution is -2.43. The van der Waals surface area contributed by atoms with Crippen LogP contribution < -0.4 is 10.6 Å². The van der Waals surface area contributed by atoms with Crippen molar-refractivity contribution >= 4 is 45.0 Å². The van der Waals surface area contributed by atoms with Crippen LogP contribution in [0.25, 0.3) is 11.1 Å². The number of ether oxygens (including phenoxy) is 1. The SMILES string of the molecule is CSC(NC#N)Nc1cc(Cl)c(-c2ccc(S(=O)(=O)N3CCCC3C(=O)OC(C)(C)C)cc2)c(C(F)(F)F)c1. The molecule has 0 aliphatic carbocycles. The molecule has 14 heteroatoms. The fraction of sp³-hybridized carbons (Fsp3) is 0.440. The van der Waals surface area contributed by atoms with Gasteiger partial charge >= 0.3 is 12.1 Å². The van der Waals surface area contributed by atoms with Crippen LogP contribution in [-0.2, 0) is 25.7 Å². The van der Waals surface area contributed by atoms with E-state index in [1.807, 2.05) is 0 Å². The van der Waals surface area contributed by atoms with Gasteiger partial charge in [-0.05, 0) is 69.7 Å². The third-order valence-corrected chi connectivity index (χ3v) is 8.68. The summed E-state index contributed by atoms with van der Waals surface area (Å²) >= 11 is 7.48. The molecule has 8 nitrogen and oxygen atoms in total. The number of carbonyl (C=O) groups is 1. The molecule has 212 valence electrons. The molecule has 0 spiro atoms. The van der Waals surface area contributed by atoms with Crippen LogP contribution in [0.15, 0.2) is 41.3 Å². The minimum absolute atomic E-state index is 0.0413. The minimum atomic E-state index is -4.78. The van der Waals surface area contributed by atoms with E-state index in [-0.39, 0.29) is 33.3 Å². The number of nitrogens with zero attached hydrogens (tertiary/aromatic N) is 2. The summed E-state index contributed by atoms with van der Waals surface area (Å²) in [6.45, 7) is 5.17. The lowest BCUT2D eigenvalue weighted by molar-refractivity contribution is -0.158. The maximum Gasteiger partial charge on any atom is 0.417 e. The van der Waals surface area contributed by atoms with Gasteiger partial charge in [0.25, 0.3) is 0 Å². The number of alkyl halides is 3. The molecular formula is C25H28ClF3N4O4S2. The van der Waals surface area contributed by atoms with Gasteiger partial charge in [0.05, 0.1) is 15.5 Å². The number of carbonyl (C=O) groups excluding carboxylic acids is 1. The Morgan fingerprint density at radius 1 is 1.23 bits per heavy atom. The molecule has 1 aliphatic heterocycles. The topological polar surface area (TPSA) is 112 Å². The first-order valence-corrected chi connectivity index (χ1v) is 14.9. The number of nitriles is 1. The van der Waals surface area contributed by atoms with Crippen LogP contribution in [0.4, 0.5) is 18.9 Å². The Bertz CT molecular complexity index is 1360. The van der Waals surface area contributed by atoms with Crippen molar-refractivity contribution in [1.82, 2.24) is 9.62 Å². The van der Waals surface area contributed by atoms with Crippen molar-refractivity contribution in [2.24, 2.45) is 0 Å². The number of nitrogens with one attached hydrogen (secondary N) is 2. The third kappa shape index (κ3) is 7.30. The molecule has 2 N–H and O–H groups in total. The zero-order valence-electron chi connectivity index (χ0n) is 21.6.